The van der Waals surface area contributed by atoms with Gasteiger partial charge in [0.2, 0.25) is 5.75 Å². The van der Waals surface area contributed by atoms with Gasteiger partial charge < -0.3 is 38.8 Å². The van der Waals surface area contributed by atoms with E-state index >= 15 is 0 Å². The number of hydrogen-bond donors (Lipinski definition) is 1. The molecule has 4 aromatic rings. The second-order valence-corrected chi connectivity index (χ2v) is 13.0. The van der Waals surface area contributed by atoms with Crippen molar-refractivity contribution in [2.45, 2.75) is 18.9 Å². The number of ether oxygens (including phenoxy) is 3. The van der Waals surface area contributed by atoms with E-state index in [0.29, 0.717) is 79.9 Å². The molecule has 2 bridgehead atoms. The van der Waals surface area contributed by atoms with Crippen molar-refractivity contribution in [1.29, 1.82) is 0 Å². The number of hydrogen-bond acceptors (Lipinski definition) is 8. The SMILES string of the molecule is COc1cc(C(=O)Nc2cc(C(=O)N3CCN(c4ccc(F)cc4)CC3)ccc2N2C[C@H]3C[C@@H](C2)c2cccc(=O)n2C3)cc(OC)c1OC. The fourth-order valence-electron chi connectivity index (χ4n) is 7.55. The molecule has 11 nitrogen and oxygen atoms in total. The first-order valence-corrected chi connectivity index (χ1v) is 16.8. The van der Waals surface area contributed by atoms with Crippen molar-refractivity contribution in [3.8, 4) is 17.2 Å². The number of fused-ring (bicyclic) bond motifs is 4. The summed E-state index contributed by atoms with van der Waals surface area (Å²) < 4.78 is 31.8. The first-order chi connectivity index (χ1) is 24.3. The Hall–Kier alpha value is -5.52. The van der Waals surface area contributed by atoms with Gasteiger partial charge in [-0.05, 0) is 73.0 Å². The van der Waals surface area contributed by atoms with Gasteiger partial charge in [-0.25, -0.2) is 4.39 Å². The molecule has 0 unspecified atom stereocenters. The predicted molar refractivity (Wildman–Crippen MR) is 189 cm³/mol. The number of benzene rings is 3. The van der Waals surface area contributed by atoms with Crippen LogP contribution in [-0.2, 0) is 6.54 Å². The maximum absolute atomic E-state index is 13.9. The van der Waals surface area contributed by atoms with Crippen LogP contribution in [0.3, 0.4) is 0 Å². The van der Waals surface area contributed by atoms with Crippen molar-refractivity contribution in [3.05, 3.63) is 106 Å². The van der Waals surface area contributed by atoms with Gasteiger partial charge in [0, 0.05) is 80.3 Å². The highest BCUT2D eigenvalue weighted by Crippen LogP contribution is 2.41. The van der Waals surface area contributed by atoms with E-state index in [1.54, 1.807) is 41.3 Å². The first-order valence-electron chi connectivity index (χ1n) is 16.8. The monoisotopic (exact) mass is 681 g/mol. The summed E-state index contributed by atoms with van der Waals surface area (Å²) in [5, 5.41) is 3.09. The van der Waals surface area contributed by atoms with E-state index in [1.807, 2.05) is 28.8 Å². The van der Waals surface area contributed by atoms with Crippen LogP contribution in [0.2, 0.25) is 0 Å². The normalized spacial score (nSPS) is 18.3. The second-order valence-electron chi connectivity index (χ2n) is 13.0. The fraction of sp³-hybridized carbons (Fsp3) is 0.342. The van der Waals surface area contributed by atoms with E-state index in [9.17, 15) is 18.8 Å². The summed E-state index contributed by atoms with van der Waals surface area (Å²) in [7, 11) is 4.48. The maximum atomic E-state index is 13.9. The van der Waals surface area contributed by atoms with Crippen LogP contribution in [0.25, 0.3) is 0 Å². The summed E-state index contributed by atoms with van der Waals surface area (Å²) >= 11 is 0. The quantitative estimate of drug-likeness (QED) is 0.282. The lowest BCUT2D eigenvalue weighted by Crippen LogP contribution is -2.49. The molecule has 3 aromatic carbocycles. The summed E-state index contributed by atoms with van der Waals surface area (Å²) in [5.41, 5.74) is 4.01. The molecule has 260 valence electrons. The number of nitrogens with zero attached hydrogens (tertiary/aromatic N) is 4. The largest absolute Gasteiger partial charge is 0.493 e. The first kappa shape index (κ1) is 33.0. The minimum absolute atomic E-state index is 0.0188. The highest BCUT2D eigenvalue weighted by atomic mass is 19.1. The van der Waals surface area contributed by atoms with Gasteiger partial charge in [-0.3, -0.25) is 14.4 Å². The van der Waals surface area contributed by atoms with E-state index in [0.717, 1.165) is 23.5 Å². The molecule has 7 rings (SSSR count). The molecule has 2 atom stereocenters. The molecular formula is C38H40FN5O6. The van der Waals surface area contributed by atoms with Gasteiger partial charge in [-0.1, -0.05) is 6.07 Å². The Morgan fingerprint density at radius 3 is 2.18 bits per heavy atom. The number of carbonyl (C=O) groups excluding carboxylic acids is 2. The molecule has 0 radical (unpaired) electrons. The number of aromatic nitrogens is 1. The van der Waals surface area contributed by atoms with E-state index in [1.165, 1.54) is 33.5 Å². The van der Waals surface area contributed by atoms with Crippen molar-refractivity contribution < 1.29 is 28.2 Å². The molecule has 3 aliphatic heterocycles. The number of nitrogens with one attached hydrogen (secondary N) is 1. The number of rotatable bonds is 8. The Bertz CT molecular complexity index is 1950. The Balaban J connectivity index is 1.18. The standard InChI is InChI=1S/C38H40FN5O6/c1-48-33-19-26(20-34(49-2)36(33)50-3)37(46)40-30-18-25(38(47)42-15-13-41(14-16-42)29-10-8-28(39)9-11-29)7-12-32(30)43-21-24-17-27(23-43)31-5-4-6-35(45)44(31)22-24/h4-12,18-20,24,27H,13-17,21-23H2,1-3H3,(H,40,46)/t24-,27+/m1/s1. The molecule has 3 aliphatic rings. The molecule has 4 heterocycles. The predicted octanol–water partition coefficient (Wildman–Crippen LogP) is 4.85. The lowest BCUT2D eigenvalue weighted by atomic mass is 9.83. The highest BCUT2D eigenvalue weighted by molar-refractivity contribution is 6.08. The zero-order chi connectivity index (χ0) is 34.9. The number of carbonyl (C=O) groups is 2. The average Bonchev–Trinajstić information content (AvgIpc) is 3.14. The lowest BCUT2D eigenvalue weighted by molar-refractivity contribution is 0.0746. The Labute approximate surface area is 289 Å². The molecule has 2 amide bonds. The number of amides is 2. The zero-order valence-electron chi connectivity index (χ0n) is 28.4. The van der Waals surface area contributed by atoms with Gasteiger partial charge in [0.25, 0.3) is 17.4 Å². The molecule has 0 spiro atoms. The third kappa shape index (κ3) is 6.33. The minimum Gasteiger partial charge on any atom is -0.493 e. The molecule has 0 saturated carbocycles. The van der Waals surface area contributed by atoms with Gasteiger partial charge in [0.1, 0.15) is 5.82 Å². The van der Waals surface area contributed by atoms with Crippen LogP contribution in [0.1, 0.15) is 38.7 Å². The minimum atomic E-state index is -0.405. The second kappa shape index (κ2) is 13.8. The van der Waals surface area contributed by atoms with Gasteiger partial charge in [0.05, 0.1) is 32.7 Å². The van der Waals surface area contributed by atoms with E-state index in [2.05, 4.69) is 15.1 Å². The van der Waals surface area contributed by atoms with Crippen molar-refractivity contribution in [1.82, 2.24) is 9.47 Å². The summed E-state index contributed by atoms with van der Waals surface area (Å²) in [5.74, 6) is 0.634. The van der Waals surface area contributed by atoms with Crippen LogP contribution in [0.15, 0.2) is 77.6 Å². The van der Waals surface area contributed by atoms with Crippen LogP contribution in [0, 0.1) is 11.7 Å². The molecule has 1 aromatic heterocycles. The van der Waals surface area contributed by atoms with Crippen molar-refractivity contribution in [2.75, 3.05) is 75.7 Å². The summed E-state index contributed by atoms with van der Waals surface area (Å²) in [6.45, 7) is 4.21. The van der Waals surface area contributed by atoms with Crippen LogP contribution in [0.5, 0.6) is 17.2 Å². The Morgan fingerprint density at radius 1 is 0.780 bits per heavy atom. The number of piperidine rings is 1. The number of halogens is 1. The summed E-state index contributed by atoms with van der Waals surface area (Å²) in [4.78, 5) is 46.7. The van der Waals surface area contributed by atoms with Crippen molar-refractivity contribution >= 4 is 28.9 Å². The van der Waals surface area contributed by atoms with Crippen molar-refractivity contribution in [2.24, 2.45) is 5.92 Å². The van der Waals surface area contributed by atoms with Gasteiger partial charge in [-0.15, -0.1) is 0 Å². The van der Waals surface area contributed by atoms with Crippen LogP contribution < -0.4 is 34.9 Å². The van der Waals surface area contributed by atoms with Crippen LogP contribution in [-0.4, -0.2) is 81.9 Å². The summed E-state index contributed by atoms with van der Waals surface area (Å²) in [6.07, 6.45) is 0.980. The molecular weight excluding hydrogens is 641 g/mol. The fourth-order valence-corrected chi connectivity index (χ4v) is 7.55. The smallest absolute Gasteiger partial charge is 0.255 e. The number of methoxy groups -OCH3 is 3. The van der Waals surface area contributed by atoms with E-state index < -0.39 is 5.91 Å². The highest BCUT2D eigenvalue weighted by Gasteiger charge is 2.36. The Kier molecular flexibility index (Phi) is 9.09. The molecule has 2 fully saturated rings. The van der Waals surface area contributed by atoms with Gasteiger partial charge in [0.15, 0.2) is 11.5 Å². The molecule has 50 heavy (non-hydrogen) atoms. The van der Waals surface area contributed by atoms with E-state index in [4.69, 9.17) is 14.2 Å². The lowest BCUT2D eigenvalue weighted by Gasteiger charge is -2.44. The molecule has 2 saturated heterocycles. The Morgan fingerprint density at radius 2 is 1.50 bits per heavy atom. The number of pyridine rings is 1. The summed E-state index contributed by atoms with van der Waals surface area (Å²) in [6, 6.07) is 20.5. The van der Waals surface area contributed by atoms with Crippen molar-refractivity contribution in [3.63, 3.8) is 0 Å². The number of piperazine rings is 1. The van der Waals surface area contributed by atoms with Gasteiger partial charge in [-0.2, -0.15) is 0 Å². The van der Waals surface area contributed by atoms with Crippen LogP contribution >= 0.6 is 0 Å². The molecule has 1 N–H and O–H groups in total. The third-order valence-electron chi connectivity index (χ3n) is 10.00. The van der Waals surface area contributed by atoms with E-state index in [-0.39, 0.29) is 29.1 Å². The van der Waals surface area contributed by atoms with Gasteiger partial charge >= 0.3 is 0 Å². The maximum Gasteiger partial charge on any atom is 0.255 e. The zero-order valence-corrected chi connectivity index (χ0v) is 28.4. The topological polar surface area (TPSA) is 106 Å². The number of anilines is 3. The average molecular weight is 682 g/mol. The molecule has 0 aliphatic carbocycles. The molecule has 12 heteroatoms. The third-order valence-corrected chi connectivity index (χ3v) is 10.00. The van der Waals surface area contributed by atoms with Crippen LogP contribution in [0.4, 0.5) is 21.5 Å².